The Morgan fingerprint density at radius 3 is 2.43 bits per heavy atom. The fourth-order valence-corrected chi connectivity index (χ4v) is 5.99. The molecule has 2 aliphatic heterocycles. The minimum Gasteiger partial charge on any atom is -0.351 e. The van der Waals surface area contributed by atoms with E-state index in [2.05, 4.69) is 20.5 Å². The minimum absolute atomic E-state index is 0.00126. The molecule has 3 atom stereocenters. The van der Waals surface area contributed by atoms with Gasteiger partial charge in [-0.3, -0.25) is 9.59 Å². The van der Waals surface area contributed by atoms with Crippen LogP contribution in [0, 0.1) is 0 Å². The van der Waals surface area contributed by atoms with Crippen LogP contribution < -0.4 is 15.5 Å². The lowest BCUT2D eigenvalue weighted by Crippen LogP contribution is -2.50. The number of aryl methyl sites for hydroxylation is 1. The Kier molecular flexibility index (Phi) is 6.12. The number of anilines is 1. The first-order chi connectivity index (χ1) is 18.1. The average Bonchev–Trinajstić information content (AvgIpc) is 3.44. The maximum absolute atomic E-state index is 13.2. The molecule has 2 amide bonds. The smallest absolute Gasteiger partial charge is 0.253 e. The number of amides is 2. The lowest BCUT2D eigenvalue weighted by molar-refractivity contribution is 0.0926. The Labute approximate surface area is 216 Å². The van der Waals surface area contributed by atoms with Crippen molar-refractivity contribution in [1.29, 1.82) is 0 Å². The second kappa shape index (κ2) is 9.73. The van der Waals surface area contributed by atoms with E-state index >= 15 is 0 Å². The van der Waals surface area contributed by atoms with E-state index in [1.807, 2.05) is 84.5 Å². The zero-order valence-electron chi connectivity index (χ0n) is 20.9. The number of hydrogen-bond donors (Lipinski definition) is 2. The highest BCUT2D eigenvalue weighted by molar-refractivity contribution is 6.06. The van der Waals surface area contributed by atoms with Crippen LogP contribution in [0.2, 0.25) is 0 Å². The molecule has 2 bridgehead atoms. The SMILES string of the molecule is Cn1ccc2c(C(=O)NC3C[C@H]4CC[C@@H](C3)N4c3ccc(C(=O)NCc4ccccc4)cn3)cccc21. The number of piperidine rings is 1. The predicted octanol–water partition coefficient (Wildman–Crippen LogP) is 4.43. The first-order valence-corrected chi connectivity index (χ1v) is 13.0. The van der Waals surface area contributed by atoms with E-state index in [1.165, 1.54) is 0 Å². The van der Waals surface area contributed by atoms with Crippen molar-refractivity contribution < 1.29 is 9.59 Å². The van der Waals surface area contributed by atoms with Gasteiger partial charge in [-0.1, -0.05) is 36.4 Å². The van der Waals surface area contributed by atoms with Crippen LogP contribution in [-0.4, -0.2) is 39.5 Å². The van der Waals surface area contributed by atoms with Crippen LogP contribution in [0.4, 0.5) is 5.82 Å². The molecule has 0 aliphatic carbocycles. The van der Waals surface area contributed by atoms with Gasteiger partial charge >= 0.3 is 0 Å². The Hall–Kier alpha value is -4.13. The molecule has 0 radical (unpaired) electrons. The third-order valence-corrected chi connectivity index (χ3v) is 7.81. The lowest BCUT2D eigenvalue weighted by atomic mass is 9.96. The van der Waals surface area contributed by atoms with Crippen molar-refractivity contribution in [3.63, 3.8) is 0 Å². The Balaban J connectivity index is 1.09. The lowest BCUT2D eigenvalue weighted by Gasteiger charge is -2.40. The highest BCUT2D eigenvalue weighted by atomic mass is 16.2. The predicted molar refractivity (Wildman–Crippen MR) is 145 cm³/mol. The van der Waals surface area contributed by atoms with Crippen molar-refractivity contribution in [2.45, 2.75) is 50.4 Å². The van der Waals surface area contributed by atoms with Gasteiger partial charge in [-0.05, 0) is 61.6 Å². The first-order valence-electron chi connectivity index (χ1n) is 13.0. The summed E-state index contributed by atoms with van der Waals surface area (Å²) in [5.41, 5.74) is 3.41. The molecule has 2 aliphatic rings. The Bertz CT molecular complexity index is 1420. The van der Waals surface area contributed by atoms with E-state index in [9.17, 15) is 9.59 Å². The fourth-order valence-electron chi connectivity index (χ4n) is 5.99. The van der Waals surface area contributed by atoms with Gasteiger partial charge < -0.3 is 20.1 Å². The monoisotopic (exact) mass is 493 g/mol. The quantitative estimate of drug-likeness (QED) is 0.416. The molecule has 2 aromatic carbocycles. The Morgan fingerprint density at radius 1 is 0.919 bits per heavy atom. The molecule has 2 aromatic heterocycles. The van der Waals surface area contributed by atoms with Gasteiger partial charge in [0.05, 0.1) is 5.56 Å². The van der Waals surface area contributed by atoms with Crippen molar-refractivity contribution in [2.24, 2.45) is 7.05 Å². The maximum atomic E-state index is 13.2. The summed E-state index contributed by atoms with van der Waals surface area (Å²) in [5, 5.41) is 7.26. The molecule has 6 rings (SSSR count). The molecule has 37 heavy (non-hydrogen) atoms. The number of pyridine rings is 1. The van der Waals surface area contributed by atoms with Crippen molar-refractivity contribution in [1.82, 2.24) is 20.2 Å². The van der Waals surface area contributed by atoms with Crippen LogP contribution in [0.1, 0.15) is 52.0 Å². The maximum Gasteiger partial charge on any atom is 0.253 e. The zero-order chi connectivity index (χ0) is 25.4. The summed E-state index contributed by atoms with van der Waals surface area (Å²) in [7, 11) is 2.00. The van der Waals surface area contributed by atoms with Crippen LogP contribution in [0.3, 0.4) is 0 Å². The summed E-state index contributed by atoms with van der Waals surface area (Å²) in [6.45, 7) is 0.490. The summed E-state index contributed by atoms with van der Waals surface area (Å²) < 4.78 is 2.04. The van der Waals surface area contributed by atoms with Crippen molar-refractivity contribution in [3.8, 4) is 0 Å². The molecule has 2 saturated heterocycles. The molecule has 2 fully saturated rings. The number of aromatic nitrogens is 2. The standard InChI is InChI=1S/C30H31N5O2/c1-34-15-14-25-26(8-5-9-27(25)34)30(37)33-22-16-23-11-12-24(17-22)35(23)28-13-10-21(19-31-28)29(36)32-18-20-6-3-2-4-7-20/h2-10,13-15,19,22-24H,11-12,16-18H2,1H3,(H,32,36)(H,33,37)/t22?,23-,24+. The highest BCUT2D eigenvalue weighted by Gasteiger charge is 2.41. The fraction of sp³-hybridized carbons (Fsp3) is 0.300. The molecular weight excluding hydrogens is 462 g/mol. The molecule has 0 saturated carbocycles. The summed E-state index contributed by atoms with van der Waals surface area (Å²) in [6, 6.07) is 22.4. The van der Waals surface area contributed by atoms with E-state index < -0.39 is 0 Å². The average molecular weight is 494 g/mol. The molecule has 4 heterocycles. The molecule has 188 valence electrons. The van der Waals surface area contributed by atoms with E-state index in [0.717, 1.165) is 53.5 Å². The molecule has 4 aromatic rings. The number of nitrogens with zero attached hydrogens (tertiary/aromatic N) is 3. The topological polar surface area (TPSA) is 79.3 Å². The molecule has 1 unspecified atom stereocenters. The van der Waals surface area contributed by atoms with Gasteiger partial charge in [0.2, 0.25) is 0 Å². The third kappa shape index (κ3) is 4.57. The van der Waals surface area contributed by atoms with Crippen molar-refractivity contribution in [3.05, 3.63) is 95.8 Å². The zero-order valence-corrected chi connectivity index (χ0v) is 20.9. The van der Waals surface area contributed by atoms with Gasteiger partial charge in [0, 0.05) is 60.6 Å². The number of nitrogens with one attached hydrogen (secondary N) is 2. The van der Waals surface area contributed by atoms with Crippen LogP contribution in [-0.2, 0) is 13.6 Å². The van der Waals surface area contributed by atoms with Crippen molar-refractivity contribution in [2.75, 3.05) is 4.90 Å². The third-order valence-electron chi connectivity index (χ3n) is 7.81. The van der Waals surface area contributed by atoms with Gasteiger partial charge in [-0.25, -0.2) is 4.98 Å². The molecular formula is C30H31N5O2. The number of rotatable bonds is 6. The van der Waals surface area contributed by atoms with Crippen LogP contribution in [0.25, 0.3) is 10.9 Å². The summed E-state index contributed by atoms with van der Waals surface area (Å²) in [4.78, 5) is 32.8. The minimum atomic E-state index is -0.124. The van der Waals surface area contributed by atoms with Gasteiger partial charge in [-0.2, -0.15) is 0 Å². The largest absolute Gasteiger partial charge is 0.351 e. The second-order valence-corrected chi connectivity index (χ2v) is 10.2. The van der Waals surface area contributed by atoms with Gasteiger partial charge in [0.15, 0.2) is 0 Å². The van der Waals surface area contributed by atoms with E-state index in [0.29, 0.717) is 24.2 Å². The van der Waals surface area contributed by atoms with Gasteiger partial charge in [0.25, 0.3) is 11.8 Å². The van der Waals surface area contributed by atoms with Crippen LogP contribution in [0.5, 0.6) is 0 Å². The molecule has 7 nitrogen and oxygen atoms in total. The van der Waals surface area contributed by atoms with E-state index in [1.54, 1.807) is 6.20 Å². The van der Waals surface area contributed by atoms with E-state index in [-0.39, 0.29) is 17.9 Å². The van der Waals surface area contributed by atoms with Crippen LogP contribution >= 0.6 is 0 Å². The number of hydrogen-bond acceptors (Lipinski definition) is 4. The first kappa shape index (κ1) is 23.3. The Morgan fingerprint density at radius 2 is 1.70 bits per heavy atom. The number of carbonyl (C=O) groups excluding carboxylic acids is 2. The number of benzene rings is 2. The van der Waals surface area contributed by atoms with Crippen molar-refractivity contribution >= 4 is 28.5 Å². The summed E-state index contributed by atoms with van der Waals surface area (Å²) in [6.07, 6.45) is 7.63. The number of fused-ring (bicyclic) bond motifs is 3. The normalized spacial score (nSPS) is 20.7. The van der Waals surface area contributed by atoms with E-state index in [4.69, 9.17) is 0 Å². The van der Waals surface area contributed by atoms with Gasteiger partial charge in [0.1, 0.15) is 5.82 Å². The van der Waals surface area contributed by atoms with Crippen LogP contribution in [0.15, 0.2) is 79.1 Å². The molecule has 0 spiro atoms. The molecule has 2 N–H and O–H groups in total. The summed E-state index contributed by atoms with van der Waals surface area (Å²) >= 11 is 0. The van der Waals surface area contributed by atoms with Gasteiger partial charge in [-0.15, -0.1) is 0 Å². The second-order valence-electron chi connectivity index (χ2n) is 10.2. The number of carbonyl (C=O) groups is 2. The summed E-state index contributed by atoms with van der Waals surface area (Å²) in [5.74, 6) is 0.783. The highest BCUT2D eigenvalue weighted by Crippen LogP contribution is 2.38. The molecule has 7 heteroatoms.